The molecule has 0 saturated heterocycles. The predicted molar refractivity (Wildman–Crippen MR) is 150 cm³/mol. The number of carbonyl (C=O) groups is 1. The van der Waals surface area contributed by atoms with E-state index in [2.05, 4.69) is 5.32 Å². The number of methoxy groups -OCH3 is 1. The Morgan fingerprint density at radius 1 is 1.08 bits per heavy atom. The van der Waals surface area contributed by atoms with Gasteiger partial charge in [0.1, 0.15) is 17.4 Å². The molecular weight excluding hydrogens is 623 g/mol. The lowest BCUT2D eigenvalue weighted by Crippen LogP contribution is -2.14. The molecule has 13 heteroatoms. The number of benzene rings is 3. The minimum Gasteiger partial charge on any atom is -0.493 e. The first-order valence-electron chi connectivity index (χ1n) is 11.2. The average molecular weight is 644 g/mol. The first kappa shape index (κ1) is 28.9. The molecule has 200 valence electrons. The number of hydrogen-bond donors (Lipinski definition) is 1. The molecule has 3 aromatic carbocycles. The normalized spacial score (nSPS) is 10.9. The molecule has 39 heavy (non-hydrogen) atoms. The Labute approximate surface area is 236 Å². The van der Waals surface area contributed by atoms with Gasteiger partial charge >= 0.3 is 5.69 Å². The van der Waals surface area contributed by atoms with E-state index in [1.54, 1.807) is 30.3 Å². The van der Waals surface area contributed by atoms with Gasteiger partial charge in [-0.15, -0.1) is 0 Å². The number of nitrogens with zero attached hydrogens (tertiary/aromatic N) is 3. The van der Waals surface area contributed by atoms with Crippen LogP contribution in [-0.2, 0) is 4.79 Å². The van der Waals surface area contributed by atoms with Gasteiger partial charge in [0.25, 0.3) is 11.6 Å². The van der Waals surface area contributed by atoms with Crippen LogP contribution in [0.1, 0.15) is 19.4 Å². The van der Waals surface area contributed by atoms with Crippen LogP contribution in [0.4, 0.5) is 17.1 Å². The molecule has 12 nitrogen and oxygen atoms in total. The Hall–Kier alpha value is -4.71. The number of rotatable bonds is 10. The molecule has 0 unspecified atom stereocenters. The van der Waals surface area contributed by atoms with Crippen LogP contribution < -0.4 is 19.5 Å². The zero-order valence-corrected chi connectivity index (χ0v) is 23.0. The third-order valence-electron chi connectivity index (χ3n) is 4.95. The number of non-ortho nitro benzene ring substituents is 1. The number of nitro benzene ring substituents is 2. The van der Waals surface area contributed by atoms with E-state index < -0.39 is 27.1 Å². The number of amides is 1. The summed E-state index contributed by atoms with van der Waals surface area (Å²) in [5.74, 6) is -0.0523. The lowest BCUT2D eigenvalue weighted by atomic mass is 10.1. The summed E-state index contributed by atoms with van der Waals surface area (Å²) in [7, 11) is 1.35. The van der Waals surface area contributed by atoms with E-state index in [1.807, 2.05) is 42.5 Å². The van der Waals surface area contributed by atoms with Crippen molar-refractivity contribution in [2.75, 3.05) is 12.4 Å². The lowest BCUT2D eigenvalue weighted by Gasteiger charge is -2.14. The highest BCUT2D eigenvalue weighted by molar-refractivity contribution is 14.1. The SMILES string of the molecule is COc1cc(/C=C(\C#N)C(=O)Nc2cccc(OC(C)C)c2)cc(I)c1Oc1ccc([N+](=O)[O-])cc1[N+](=O)[O-]. The largest absolute Gasteiger partial charge is 0.493 e. The molecule has 1 amide bonds. The van der Waals surface area contributed by atoms with Crippen molar-refractivity contribution in [3.63, 3.8) is 0 Å². The first-order valence-corrected chi connectivity index (χ1v) is 12.3. The topological polar surface area (TPSA) is 167 Å². The second kappa shape index (κ2) is 12.7. The highest BCUT2D eigenvalue weighted by Crippen LogP contribution is 2.41. The molecule has 0 radical (unpaired) electrons. The van der Waals surface area contributed by atoms with Gasteiger partial charge in [-0.2, -0.15) is 5.26 Å². The fourth-order valence-corrected chi connectivity index (χ4v) is 4.05. The molecule has 0 aliphatic carbocycles. The zero-order chi connectivity index (χ0) is 28.7. The van der Waals surface area contributed by atoms with E-state index >= 15 is 0 Å². The standard InChI is InChI=1S/C26H21IN4O8/c1-15(2)38-20-6-4-5-18(12-20)29-26(32)17(14-28)9-16-10-21(27)25(24(11-16)37-3)39-23-8-7-19(30(33)34)13-22(23)31(35)36/h4-13,15H,1-3H3,(H,29,32)/b17-9+. The third-order valence-corrected chi connectivity index (χ3v) is 5.75. The van der Waals surface area contributed by atoms with Gasteiger partial charge in [-0.25, -0.2) is 0 Å². The van der Waals surface area contributed by atoms with Crippen LogP contribution in [0.3, 0.4) is 0 Å². The van der Waals surface area contributed by atoms with Gasteiger partial charge in [-0.3, -0.25) is 25.0 Å². The Bertz CT molecular complexity index is 1510. The van der Waals surface area contributed by atoms with E-state index in [1.165, 1.54) is 19.3 Å². The highest BCUT2D eigenvalue weighted by atomic mass is 127. The molecule has 0 heterocycles. The van der Waals surface area contributed by atoms with E-state index in [-0.39, 0.29) is 28.9 Å². The van der Waals surface area contributed by atoms with Crippen molar-refractivity contribution in [3.8, 4) is 29.1 Å². The van der Waals surface area contributed by atoms with Crippen molar-refractivity contribution in [1.29, 1.82) is 5.26 Å². The Morgan fingerprint density at radius 2 is 1.82 bits per heavy atom. The van der Waals surface area contributed by atoms with Crippen LogP contribution in [0.25, 0.3) is 6.08 Å². The van der Waals surface area contributed by atoms with E-state index in [0.717, 1.165) is 18.2 Å². The molecule has 0 fully saturated rings. The smallest absolute Gasteiger partial charge is 0.318 e. The molecule has 0 saturated carbocycles. The minimum atomic E-state index is -0.790. The molecule has 1 N–H and O–H groups in total. The van der Waals surface area contributed by atoms with Gasteiger partial charge in [0, 0.05) is 17.8 Å². The molecule has 0 bridgehead atoms. The second-order valence-electron chi connectivity index (χ2n) is 8.12. The van der Waals surface area contributed by atoms with Gasteiger partial charge < -0.3 is 19.5 Å². The molecular formula is C26H21IN4O8. The number of anilines is 1. The number of ether oxygens (including phenoxy) is 3. The maximum absolute atomic E-state index is 12.8. The number of nitrogens with one attached hydrogen (secondary N) is 1. The van der Waals surface area contributed by atoms with Crippen LogP contribution in [-0.4, -0.2) is 29.0 Å². The van der Waals surface area contributed by atoms with E-state index in [9.17, 15) is 30.3 Å². The summed E-state index contributed by atoms with van der Waals surface area (Å²) in [4.78, 5) is 33.7. The predicted octanol–water partition coefficient (Wildman–Crippen LogP) is 6.24. The fourth-order valence-electron chi connectivity index (χ4n) is 3.31. The summed E-state index contributed by atoms with van der Waals surface area (Å²) in [6, 6.07) is 14.7. The van der Waals surface area contributed by atoms with Crippen molar-refractivity contribution in [2.24, 2.45) is 0 Å². The highest BCUT2D eigenvalue weighted by Gasteiger charge is 2.23. The molecule has 0 aromatic heterocycles. The van der Waals surface area contributed by atoms with Crippen molar-refractivity contribution < 1.29 is 28.9 Å². The van der Waals surface area contributed by atoms with Gasteiger partial charge in [-0.05, 0) is 78.4 Å². The van der Waals surface area contributed by atoms with Crippen LogP contribution >= 0.6 is 22.6 Å². The molecule has 3 aromatic rings. The summed E-state index contributed by atoms with van der Waals surface area (Å²) in [6.07, 6.45) is 1.30. The maximum Gasteiger partial charge on any atom is 0.318 e. The Morgan fingerprint density at radius 3 is 2.44 bits per heavy atom. The molecule has 0 atom stereocenters. The minimum absolute atomic E-state index is 0.0542. The van der Waals surface area contributed by atoms with Gasteiger partial charge in [0.15, 0.2) is 11.5 Å². The summed E-state index contributed by atoms with van der Waals surface area (Å²) >= 11 is 1.91. The summed E-state index contributed by atoms with van der Waals surface area (Å²) in [6.45, 7) is 3.75. The third kappa shape index (κ3) is 7.42. The Kier molecular flexibility index (Phi) is 9.39. The first-order chi connectivity index (χ1) is 18.5. The van der Waals surface area contributed by atoms with Crippen molar-refractivity contribution in [1.82, 2.24) is 0 Å². The second-order valence-corrected chi connectivity index (χ2v) is 9.28. The quantitative estimate of drug-likeness (QED) is 0.0883. The van der Waals surface area contributed by atoms with Crippen LogP contribution in [0, 0.1) is 35.1 Å². The monoisotopic (exact) mass is 644 g/mol. The van der Waals surface area contributed by atoms with Crippen LogP contribution in [0.2, 0.25) is 0 Å². The van der Waals surface area contributed by atoms with Crippen molar-refractivity contribution in [2.45, 2.75) is 20.0 Å². The van der Waals surface area contributed by atoms with E-state index in [0.29, 0.717) is 20.6 Å². The van der Waals surface area contributed by atoms with Crippen molar-refractivity contribution in [3.05, 3.63) is 89.5 Å². The van der Waals surface area contributed by atoms with Gasteiger partial charge in [-0.1, -0.05) is 6.07 Å². The number of hydrogen-bond acceptors (Lipinski definition) is 9. The zero-order valence-electron chi connectivity index (χ0n) is 20.8. The number of nitro groups is 2. The van der Waals surface area contributed by atoms with Gasteiger partial charge in [0.05, 0.1) is 32.7 Å². The lowest BCUT2D eigenvalue weighted by molar-refractivity contribution is -0.394. The maximum atomic E-state index is 12.8. The van der Waals surface area contributed by atoms with Crippen LogP contribution in [0.5, 0.6) is 23.0 Å². The molecule has 0 spiro atoms. The van der Waals surface area contributed by atoms with Crippen molar-refractivity contribution >= 4 is 51.6 Å². The number of carbonyl (C=O) groups excluding carboxylic acids is 1. The van der Waals surface area contributed by atoms with Gasteiger partial charge in [0.2, 0.25) is 5.75 Å². The molecule has 3 rings (SSSR count). The molecule has 0 aliphatic rings. The summed E-state index contributed by atoms with van der Waals surface area (Å²) in [5, 5.41) is 34.8. The number of nitriles is 1. The van der Waals surface area contributed by atoms with Crippen LogP contribution in [0.15, 0.2) is 60.2 Å². The molecule has 0 aliphatic heterocycles. The Balaban J connectivity index is 1.91. The average Bonchev–Trinajstić information content (AvgIpc) is 2.88. The van der Waals surface area contributed by atoms with E-state index in [4.69, 9.17) is 14.2 Å². The summed E-state index contributed by atoms with van der Waals surface area (Å²) < 4.78 is 17.2. The fraction of sp³-hybridized carbons (Fsp3) is 0.154. The summed E-state index contributed by atoms with van der Waals surface area (Å²) in [5.41, 5.74) is -0.386. The number of halogens is 1.